The second-order valence-electron chi connectivity index (χ2n) is 7.18. The minimum Gasteiger partial charge on any atom is -0.488 e. The molecule has 1 aliphatic heterocycles. The Balaban J connectivity index is 1.36. The van der Waals surface area contributed by atoms with Gasteiger partial charge in [0.25, 0.3) is 0 Å². The molecule has 1 aromatic carbocycles. The third-order valence-electron chi connectivity index (χ3n) is 4.35. The van der Waals surface area contributed by atoms with Crippen LogP contribution in [0.2, 0.25) is 0 Å². The third-order valence-corrected chi connectivity index (χ3v) is 4.35. The van der Waals surface area contributed by atoms with E-state index < -0.39 is 0 Å². The van der Waals surface area contributed by atoms with Crippen LogP contribution in [-0.2, 0) is 13.0 Å². The maximum Gasteiger partial charge on any atom is 0.191 e. The summed E-state index contributed by atoms with van der Waals surface area (Å²) in [5.41, 5.74) is 1.04. The Morgan fingerprint density at radius 1 is 1.30 bits per heavy atom. The predicted octanol–water partition coefficient (Wildman–Crippen LogP) is 2.23. The molecule has 0 amide bonds. The highest BCUT2D eigenvalue weighted by atomic mass is 16.5. The second-order valence-corrected chi connectivity index (χ2v) is 7.18. The average Bonchev–Trinajstić information content (AvgIpc) is 3.26. The summed E-state index contributed by atoms with van der Waals surface area (Å²) in [6.07, 6.45) is 5.65. The minimum absolute atomic E-state index is 0.165. The van der Waals surface area contributed by atoms with Gasteiger partial charge < -0.3 is 20.1 Å². The summed E-state index contributed by atoms with van der Waals surface area (Å²) in [5.74, 6) is 2.46. The predicted molar refractivity (Wildman–Crippen MR) is 107 cm³/mol. The van der Waals surface area contributed by atoms with Gasteiger partial charge in [0.1, 0.15) is 12.2 Å². The van der Waals surface area contributed by atoms with Gasteiger partial charge in [-0.1, -0.05) is 12.1 Å². The molecule has 3 rings (SSSR count). The molecular formula is C20H29N5O2. The molecule has 1 aliphatic rings. The highest BCUT2D eigenvalue weighted by molar-refractivity contribution is 5.79. The smallest absolute Gasteiger partial charge is 0.191 e. The first kappa shape index (κ1) is 19.1. The van der Waals surface area contributed by atoms with Crippen molar-refractivity contribution in [3.05, 3.63) is 42.2 Å². The zero-order valence-electron chi connectivity index (χ0n) is 16.4. The molecule has 7 nitrogen and oxygen atoms in total. The molecule has 0 spiro atoms. The first-order chi connectivity index (χ1) is 13.1. The molecule has 2 N–H and O–H groups in total. The van der Waals surface area contributed by atoms with Crippen LogP contribution in [0.25, 0.3) is 0 Å². The molecule has 0 bridgehead atoms. The lowest BCUT2D eigenvalue weighted by atomic mass is 10.0. The topological polar surface area (TPSA) is 72.7 Å². The largest absolute Gasteiger partial charge is 0.488 e. The van der Waals surface area contributed by atoms with Crippen LogP contribution in [-0.4, -0.2) is 48.1 Å². The van der Waals surface area contributed by atoms with Gasteiger partial charge in [0.2, 0.25) is 0 Å². The van der Waals surface area contributed by atoms with Gasteiger partial charge in [-0.05, 0) is 32.4 Å². The molecule has 2 heterocycles. The van der Waals surface area contributed by atoms with E-state index in [1.54, 1.807) is 13.2 Å². The molecule has 2 aromatic rings. The molecule has 7 heteroatoms. The van der Waals surface area contributed by atoms with Crippen LogP contribution in [0.4, 0.5) is 0 Å². The van der Waals surface area contributed by atoms with Gasteiger partial charge in [-0.15, -0.1) is 0 Å². The van der Waals surface area contributed by atoms with E-state index in [9.17, 15) is 0 Å². The molecule has 1 aromatic heterocycles. The van der Waals surface area contributed by atoms with Gasteiger partial charge in [0.15, 0.2) is 17.5 Å². The normalized spacial score (nSPS) is 15.1. The Morgan fingerprint density at radius 3 is 2.93 bits per heavy atom. The third kappa shape index (κ3) is 5.39. The highest BCUT2D eigenvalue weighted by Gasteiger charge is 2.32. The van der Waals surface area contributed by atoms with Crippen molar-refractivity contribution in [2.24, 2.45) is 4.99 Å². The summed E-state index contributed by atoms with van der Waals surface area (Å²) in [7, 11) is 1.77. The van der Waals surface area contributed by atoms with E-state index in [0.717, 1.165) is 43.4 Å². The number of nitrogens with zero attached hydrogens (tertiary/aromatic N) is 3. The van der Waals surface area contributed by atoms with Crippen molar-refractivity contribution in [1.82, 2.24) is 20.4 Å². The van der Waals surface area contributed by atoms with Gasteiger partial charge in [-0.2, -0.15) is 5.10 Å². The number of nitrogens with one attached hydrogen (secondary N) is 2. The van der Waals surface area contributed by atoms with Crippen molar-refractivity contribution in [3.8, 4) is 11.5 Å². The molecule has 27 heavy (non-hydrogen) atoms. The molecule has 0 fully saturated rings. The van der Waals surface area contributed by atoms with E-state index in [2.05, 4.69) is 40.6 Å². The number of aryl methyl sites for hydroxylation is 1. The fraction of sp³-hybridized carbons (Fsp3) is 0.500. The van der Waals surface area contributed by atoms with E-state index in [1.165, 1.54) is 5.56 Å². The summed E-state index contributed by atoms with van der Waals surface area (Å²) >= 11 is 0. The lowest BCUT2D eigenvalue weighted by Crippen LogP contribution is -2.39. The van der Waals surface area contributed by atoms with Crippen LogP contribution in [0.3, 0.4) is 0 Å². The Kier molecular flexibility index (Phi) is 6.21. The number of rotatable bonds is 8. The van der Waals surface area contributed by atoms with Gasteiger partial charge in [0.05, 0.1) is 6.54 Å². The number of fused-ring (bicyclic) bond motifs is 1. The Bertz CT molecular complexity index is 756. The van der Waals surface area contributed by atoms with Gasteiger partial charge in [0, 0.05) is 44.5 Å². The molecule has 0 atom stereocenters. The van der Waals surface area contributed by atoms with E-state index in [1.807, 2.05) is 29.1 Å². The number of para-hydroxylation sites is 1. The summed E-state index contributed by atoms with van der Waals surface area (Å²) in [6.45, 7) is 7.10. The minimum atomic E-state index is -0.165. The first-order valence-corrected chi connectivity index (χ1v) is 9.43. The zero-order chi connectivity index (χ0) is 19.1. The average molecular weight is 371 g/mol. The molecule has 0 radical (unpaired) electrons. The van der Waals surface area contributed by atoms with E-state index in [4.69, 9.17) is 9.47 Å². The molecule has 0 saturated heterocycles. The number of hydrogen-bond acceptors (Lipinski definition) is 4. The van der Waals surface area contributed by atoms with Crippen LogP contribution in [0, 0.1) is 0 Å². The van der Waals surface area contributed by atoms with E-state index in [-0.39, 0.29) is 5.60 Å². The van der Waals surface area contributed by atoms with Crippen LogP contribution in [0.5, 0.6) is 11.5 Å². The number of ether oxygens (including phenoxy) is 2. The van der Waals surface area contributed by atoms with Crippen molar-refractivity contribution >= 4 is 5.96 Å². The van der Waals surface area contributed by atoms with Gasteiger partial charge in [-0.25, -0.2) is 0 Å². The summed E-state index contributed by atoms with van der Waals surface area (Å²) in [4.78, 5) is 4.24. The number of benzene rings is 1. The maximum absolute atomic E-state index is 6.03. The molecule has 0 saturated carbocycles. The van der Waals surface area contributed by atoms with Crippen LogP contribution in [0.1, 0.15) is 25.8 Å². The van der Waals surface area contributed by atoms with Gasteiger partial charge >= 0.3 is 0 Å². The number of aromatic nitrogens is 2. The Labute approximate surface area is 160 Å². The number of guanidine groups is 1. The van der Waals surface area contributed by atoms with Crippen molar-refractivity contribution < 1.29 is 9.47 Å². The van der Waals surface area contributed by atoms with Crippen LogP contribution in [0.15, 0.2) is 41.7 Å². The lowest BCUT2D eigenvalue weighted by molar-refractivity contribution is 0.132. The van der Waals surface area contributed by atoms with E-state index >= 15 is 0 Å². The second kappa shape index (κ2) is 8.79. The van der Waals surface area contributed by atoms with Crippen molar-refractivity contribution in [2.75, 3.05) is 26.7 Å². The fourth-order valence-corrected chi connectivity index (χ4v) is 3.13. The number of aliphatic imine (C=N–C) groups is 1. The Morgan fingerprint density at radius 2 is 2.15 bits per heavy atom. The molecule has 0 aliphatic carbocycles. The fourth-order valence-electron chi connectivity index (χ4n) is 3.13. The SMILES string of the molecule is CN=C(NCCCn1cccn1)NCCOc1cccc2c1OC(C)(C)C2. The lowest BCUT2D eigenvalue weighted by Gasteiger charge is -2.18. The monoisotopic (exact) mass is 371 g/mol. The van der Waals surface area contributed by atoms with Crippen LogP contribution >= 0.6 is 0 Å². The maximum atomic E-state index is 6.03. The Hall–Kier alpha value is -2.70. The molecule has 146 valence electrons. The van der Waals surface area contributed by atoms with Gasteiger partial charge in [-0.3, -0.25) is 9.67 Å². The zero-order valence-corrected chi connectivity index (χ0v) is 16.4. The van der Waals surface area contributed by atoms with E-state index in [0.29, 0.717) is 13.2 Å². The number of hydrogen-bond donors (Lipinski definition) is 2. The van der Waals surface area contributed by atoms with Crippen molar-refractivity contribution in [3.63, 3.8) is 0 Å². The van der Waals surface area contributed by atoms with Crippen molar-refractivity contribution in [2.45, 2.75) is 38.8 Å². The standard InChI is InChI=1S/C20H29N5O2/c1-20(2)15-16-7-4-8-17(18(16)27-20)26-14-11-23-19(21-3)22-9-5-12-25-13-6-10-24-25/h4,6-8,10,13H,5,9,11-12,14-15H2,1-3H3,(H2,21,22,23). The van der Waals surface area contributed by atoms with Crippen molar-refractivity contribution in [1.29, 1.82) is 0 Å². The summed E-state index contributed by atoms with van der Waals surface area (Å²) in [5, 5.41) is 10.8. The summed E-state index contributed by atoms with van der Waals surface area (Å²) < 4.78 is 13.9. The highest BCUT2D eigenvalue weighted by Crippen LogP contribution is 2.41. The first-order valence-electron chi connectivity index (χ1n) is 9.43. The quantitative estimate of drug-likeness (QED) is 0.423. The summed E-state index contributed by atoms with van der Waals surface area (Å²) in [6, 6.07) is 8.02. The van der Waals surface area contributed by atoms with Crippen LogP contribution < -0.4 is 20.1 Å². The molecular weight excluding hydrogens is 342 g/mol. The molecule has 0 unspecified atom stereocenters.